The van der Waals surface area contributed by atoms with E-state index in [1.54, 1.807) is 21.3 Å². The van der Waals surface area contributed by atoms with Crippen LogP contribution in [-0.4, -0.2) is 49.8 Å². The van der Waals surface area contributed by atoms with Crippen molar-refractivity contribution < 1.29 is 19.0 Å². The van der Waals surface area contributed by atoms with E-state index in [0.717, 1.165) is 24.9 Å². The second-order valence-corrected chi connectivity index (χ2v) is 6.98. The molecule has 2 heterocycles. The van der Waals surface area contributed by atoms with Gasteiger partial charge in [-0.1, -0.05) is 0 Å². The number of nitrogens with one attached hydrogen (secondary N) is 1. The Morgan fingerprint density at radius 1 is 1.18 bits per heavy atom. The molecule has 2 aromatic rings. The van der Waals surface area contributed by atoms with E-state index in [1.807, 2.05) is 12.1 Å². The molecule has 1 aliphatic rings. The van der Waals surface area contributed by atoms with Crippen LogP contribution in [0.5, 0.6) is 17.2 Å². The van der Waals surface area contributed by atoms with Gasteiger partial charge in [0, 0.05) is 25.5 Å². The molecule has 152 valence electrons. The van der Waals surface area contributed by atoms with Crippen molar-refractivity contribution in [3.05, 3.63) is 41.7 Å². The molecule has 1 N–H and O–H groups in total. The fourth-order valence-corrected chi connectivity index (χ4v) is 3.85. The van der Waals surface area contributed by atoms with Gasteiger partial charge in [-0.2, -0.15) is 0 Å². The third-order valence-electron chi connectivity index (χ3n) is 5.25. The molecule has 1 aromatic heterocycles. The molecule has 1 aliphatic heterocycles. The first kappa shape index (κ1) is 20.1. The first-order valence-corrected chi connectivity index (χ1v) is 9.48. The van der Waals surface area contributed by atoms with E-state index in [1.165, 1.54) is 5.69 Å². The molecule has 0 radical (unpaired) electrons. The van der Waals surface area contributed by atoms with Crippen molar-refractivity contribution >= 4 is 5.91 Å². The first-order chi connectivity index (χ1) is 13.6. The smallest absolute Gasteiger partial charge is 0.234 e. The molecule has 1 atom stereocenters. The Morgan fingerprint density at radius 2 is 1.89 bits per heavy atom. The molecule has 0 saturated carbocycles. The van der Waals surface area contributed by atoms with Crippen molar-refractivity contribution in [3.8, 4) is 17.2 Å². The van der Waals surface area contributed by atoms with Crippen molar-refractivity contribution in [2.24, 2.45) is 7.05 Å². The minimum atomic E-state index is 0.00913. The zero-order chi connectivity index (χ0) is 20.1. The van der Waals surface area contributed by atoms with Crippen LogP contribution in [0.25, 0.3) is 0 Å². The second-order valence-electron chi connectivity index (χ2n) is 6.98. The van der Waals surface area contributed by atoms with E-state index in [2.05, 4.69) is 40.2 Å². The number of carbonyl (C=O) groups excluding carboxylic acids is 1. The van der Waals surface area contributed by atoms with Gasteiger partial charge in [0.05, 0.1) is 33.9 Å². The molecular formula is C21H29N3O4. The lowest BCUT2D eigenvalue weighted by Crippen LogP contribution is -2.37. The van der Waals surface area contributed by atoms with Gasteiger partial charge in [0.25, 0.3) is 0 Å². The Balaban J connectivity index is 1.62. The van der Waals surface area contributed by atoms with E-state index in [0.29, 0.717) is 36.4 Å². The summed E-state index contributed by atoms with van der Waals surface area (Å²) in [7, 11) is 6.78. The second kappa shape index (κ2) is 9.01. The zero-order valence-corrected chi connectivity index (χ0v) is 17.0. The first-order valence-electron chi connectivity index (χ1n) is 9.48. The molecule has 1 saturated heterocycles. The number of rotatable bonds is 8. The Morgan fingerprint density at radius 3 is 2.46 bits per heavy atom. The molecule has 1 fully saturated rings. The van der Waals surface area contributed by atoms with Gasteiger partial charge in [-0.05, 0) is 49.2 Å². The highest BCUT2D eigenvalue weighted by atomic mass is 16.5. The number of amides is 1. The van der Waals surface area contributed by atoms with Crippen LogP contribution >= 0.6 is 0 Å². The highest BCUT2D eigenvalue weighted by Gasteiger charge is 2.28. The number of likely N-dealkylation sites (tertiary alicyclic amines) is 1. The summed E-state index contributed by atoms with van der Waals surface area (Å²) in [5, 5.41) is 3.01. The predicted molar refractivity (Wildman–Crippen MR) is 107 cm³/mol. The lowest BCUT2D eigenvalue weighted by Gasteiger charge is -2.24. The highest BCUT2D eigenvalue weighted by Crippen LogP contribution is 2.38. The van der Waals surface area contributed by atoms with Gasteiger partial charge < -0.3 is 24.1 Å². The molecular weight excluding hydrogens is 358 g/mol. The van der Waals surface area contributed by atoms with Crippen LogP contribution < -0.4 is 19.5 Å². The number of aryl methyl sites for hydroxylation is 1. The van der Waals surface area contributed by atoms with Crippen LogP contribution in [0.3, 0.4) is 0 Å². The number of hydrogen-bond acceptors (Lipinski definition) is 5. The van der Waals surface area contributed by atoms with Gasteiger partial charge in [0.15, 0.2) is 11.5 Å². The molecule has 1 aromatic carbocycles. The average Bonchev–Trinajstić information content (AvgIpc) is 3.33. The standard InChI is InChI=1S/C21H29N3O4/c1-23-9-5-7-16(23)17-8-6-10-24(17)14-20(25)22-13-15-11-18(26-2)21(28-4)19(12-15)27-3/h5,7,9,11-12,17H,6,8,10,13-14H2,1-4H3,(H,22,25)/t17-/m1/s1. The number of benzene rings is 1. The number of carbonyl (C=O) groups is 1. The van der Waals surface area contributed by atoms with Crippen LogP contribution in [0.15, 0.2) is 30.5 Å². The summed E-state index contributed by atoms with van der Waals surface area (Å²) in [6, 6.07) is 8.19. The fourth-order valence-electron chi connectivity index (χ4n) is 3.85. The normalized spacial score (nSPS) is 16.8. The third kappa shape index (κ3) is 4.25. The van der Waals surface area contributed by atoms with Gasteiger partial charge in [-0.3, -0.25) is 9.69 Å². The maximum atomic E-state index is 12.6. The highest BCUT2D eigenvalue weighted by molar-refractivity contribution is 5.78. The van der Waals surface area contributed by atoms with Crippen molar-refractivity contribution in [1.29, 1.82) is 0 Å². The monoisotopic (exact) mass is 387 g/mol. The van der Waals surface area contributed by atoms with Crippen LogP contribution in [0, 0.1) is 0 Å². The predicted octanol–water partition coefficient (Wildman–Crippen LogP) is 2.50. The minimum absolute atomic E-state index is 0.00913. The van der Waals surface area contributed by atoms with Gasteiger partial charge in [-0.25, -0.2) is 0 Å². The lowest BCUT2D eigenvalue weighted by molar-refractivity contribution is -0.122. The van der Waals surface area contributed by atoms with E-state index >= 15 is 0 Å². The third-order valence-corrected chi connectivity index (χ3v) is 5.25. The summed E-state index contributed by atoms with van der Waals surface area (Å²) in [4.78, 5) is 14.8. The number of aromatic nitrogens is 1. The largest absolute Gasteiger partial charge is 0.493 e. The molecule has 7 heteroatoms. The summed E-state index contributed by atoms with van der Waals surface area (Å²) >= 11 is 0. The maximum absolute atomic E-state index is 12.6. The van der Waals surface area contributed by atoms with E-state index < -0.39 is 0 Å². The molecule has 3 rings (SSSR count). The Hall–Kier alpha value is -2.67. The van der Waals surface area contributed by atoms with Crippen LogP contribution in [0.2, 0.25) is 0 Å². The number of hydrogen-bond donors (Lipinski definition) is 1. The van der Waals surface area contributed by atoms with Crippen LogP contribution in [-0.2, 0) is 18.4 Å². The van der Waals surface area contributed by atoms with Gasteiger partial charge in [-0.15, -0.1) is 0 Å². The summed E-state index contributed by atoms with van der Waals surface area (Å²) in [5.41, 5.74) is 2.15. The van der Waals surface area contributed by atoms with Gasteiger partial charge >= 0.3 is 0 Å². The summed E-state index contributed by atoms with van der Waals surface area (Å²) in [6.45, 7) is 1.73. The molecule has 0 spiro atoms. The topological polar surface area (TPSA) is 65.0 Å². The Kier molecular flexibility index (Phi) is 6.46. The van der Waals surface area contributed by atoms with Crippen LogP contribution in [0.4, 0.5) is 0 Å². The van der Waals surface area contributed by atoms with Crippen molar-refractivity contribution in [2.75, 3.05) is 34.4 Å². The Labute approximate surface area is 166 Å². The van der Waals surface area contributed by atoms with Crippen molar-refractivity contribution in [3.63, 3.8) is 0 Å². The summed E-state index contributed by atoms with van der Waals surface area (Å²) in [5.74, 6) is 1.71. The molecule has 0 bridgehead atoms. The lowest BCUT2D eigenvalue weighted by atomic mass is 10.1. The van der Waals surface area contributed by atoms with E-state index in [9.17, 15) is 4.79 Å². The van der Waals surface area contributed by atoms with Crippen molar-refractivity contribution in [2.45, 2.75) is 25.4 Å². The van der Waals surface area contributed by atoms with E-state index in [4.69, 9.17) is 14.2 Å². The molecule has 1 amide bonds. The fraction of sp³-hybridized carbons (Fsp3) is 0.476. The average molecular weight is 387 g/mol. The number of methoxy groups -OCH3 is 3. The maximum Gasteiger partial charge on any atom is 0.234 e. The van der Waals surface area contributed by atoms with E-state index in [-0.39, 0.29) is 5.91 Å². The number of ether oxygens (including phenoxy) is 3. The minimum Gasteiger partial charge on any atom is -0.493 e. The molecule has 7 nitrogen and oxygen atoms in total. The van der Waals surface area contributed by atoms with Crippen LogP contribution in [0.1, 0.15) is 30.1 Å². The molecule has 0 aliphatic carbocycles. The summed E-state index contributed by atoms with van der Waals surface area (Å²) in [6.07, 6.45) is 4.24. The Bertz CT molecular complexity index is 793. The zero-order valence-electron chi connectivity index (χ0n) is 17.0. The van der Waals surface area contributed by atoms with Gasteiger partial charge in [0.1, 0.15) is 0 Å². The summed E-state index contributed by atoms with van der Waals surface area (Å²) < 4.78 is 18.2. The van der Waals surface area contributed by atoms with Crippen molar-refractivity contribution in [1.82, 2.24) is 14.8 Å². The quantitative estimate of drug-likeness (QED) is 0.754. The SMILES string of the molecule is COc1cc(CNC(=O)CN2CCC[C@@H]2c2cccn2C)cc(OC)c1OC. The molecule has 0 unspecified atom stereocenters. The molecule has 28 heavy (non-hydrogen) atoms. The van der Waals surface area contributed by atoms with Gasteiger partial charge in [0.2, 0.25) is 11.7 Å². The number of nitrogens with zero attached hydrogens (tertiary/aromatic N) is 2.